The fourth-order valence-electron chi connectivity index (χ4n) is 4.38. The van der Waals surface area contributed by atoms with Crippen molar-refractivity contribution in [3.63, 3.8) is 0 Å². The third kappa shape index (κ3) is 7.83. The van der Waals surface area contributed by atoms with Gasteiger partial charge in [0.1, 0.15) is 6.54 Å². The fourth-order valence-corrected chi connectivity index (χ4v) is 4.38. The molecule has 154 valence electrons. The summed E-state index contributed by atoms with van der Waals surface area (Å²) in [6, 6.07) is 8.98. The molecule has 0 aliphatic carbocycles. The van der Waals surface area contributed by atoms with Crippen molar-refractivity contribution in [2.45, 2.75) is 71.9 Å². The molecule has 2 atom stereocenters. The number of benzene rings is 1. The van der Waals surface area contributed by atoms with E-state index in [2.05, 4.69) is 76.3 Å². The molecule has 3 nitrogen and oxygen atoms in total. The molecule has 1 aliphatic heterocycles. The molecule has 1 saturated heterocycles. The quantitative estimate of drug-likeness (QED) is 0.612. The van der Waals surface area contributed by atoms with Crippen LogP contribution in [0.4, 0.5) is 5.69 Å². The largest absolute Gasteiger partial charge is 0.378 e. The van der Waals surface area contributed by atoms with Gasteiger partial charge in [-0.2, -0.15) is 0 Å². The van der Waals surface area contributed by atoms with Gasteiger partial charge in [-0.05, 0) is 69.4 Å². The molecule has 1 aromatic carbocycles. The Balaban J connectivity index is 1.82. The zero-order valence-electron chi connectivity index (χ0n) is 18.6. The second-order valence-corrected chi connectivity index (χ2v) is 9.72. The third-order valence-electron chi connectivity index (χ3n) is 6.09. The van der Waals surface area contributed by atoms with Crippen LogP contribution >= 0.6 is 0 Å². The molecule has 1 aromatic rings. The maximum absolute atomic E-state index is 5.97. The van der Waals surface area contributed by atoms with Gasteiger partial charge in [-0.25, -0.2) is 0 Å². The van der Waals surface area contributed by atoms with Crippen molar-refractivity contribution in [3.8, 4) is 0 Å². The summed E-state index contributed by atoms with van der Waals surface area (Å²) in [6.07, 6.45) is 6.54. The fraction of sp³-hybridized carbons (Fsp3) is 0.750. The van der Waals surface area contributed by atoms with Crippen LogP contribution < -0.4 is 10.2 Å². The summed E-state index contributed by atoms with van der Waals surface area (Å²) < 4.78 is 5.97. The van der Waals surface area contributed by atoms with Gasteiger partial charge in [-0.3, -0.25) is 0 Å². The highest BCUT2D eigenvalue weighted by Crippen LogP contribution is 2.37. The summed E-state index contributed by atoms with van der Waals surface area (Å²) in [5.41, 5.74) is 2.76. The number of nitrogens with zero attached hydrogens (tertiary/aromatic N) is 1. The van der Waals surface area contributed by atoms with Gasteiger partial charge in [0.2, 0.25) is 0 Å². The normalized spacial score (nSPS) is 20.6. The lowest BCUT2D eigenvalue weighted by Crippen LogP contribution is -2.82. The van der Waals surface area contributed by atoms with E-state index in [0.717, 1.165) is 30.9 Å². The van der Waals surface area contributed by atoms with Crippen LogP contribution in [0.1, 0.15) is 65.4 Å². The first-order valence-electron chi connectivity index (χ1n) is 11.0. The van der Waals surface area contributed by atoms with Gasteiger partial charge in [-0.1, -0.05) is 32.4 Å². The molecular formula is C24H43N2O+. The minimum Gasteiger partial charge on any atom is -0.378 e. The highest BCUT2D eigenvalue weighted by Gasteiger charge is 2.33. The van der Waals surface area contributed by atoms with Gasteiger partial charge in [-0.15, -0.1) is 0 Å². The highest BCUT2D eigenvalue weighted by atomic mass is 16.5. The van der Waals surface area contributed by atoms with Gasteiger partial charge >= 0.3 is 0 Å². The summed E-state index contributed by atoms with van der Waals surface area (Å²) >= 11 is 0. The molecule has 27 heavy (non-hydrogen) atoms. The molecule has 0 saturated carbocycles. The Kier molecular flexibility index (Phi) is 8.62. The Morgan fingerprint density at radius 1 is 1.11 bits per heavy atom. The van der Waals surface area contributed by atoms with E-state index in [4.69, 9.17) is 4.74 Å². The van der Waals surface area contributed by atoms with Gasteiger partial charge in [0.05, 0.1) is 12.1 Å². The van der Waals surface area contributed by atoms with Crippen LogP contribution in [0.3, 0.4) is 0 Å². The number of rotatable bonds is 10. The Morgan fingerprint density at radius 3 is 2.41 bits per heavy atom. The lowest BCUT2D eigenvalue weighted by atomic mass is 9.75. The molecule has 0 bridgehead atoms. The number of anilines is 1. The third-order valence-corrected chi connectivity index (χ3v) is 6.09. The highest BCUT2D eigenvalue weighted by molar-refractivity contribution is 5.45. The Morgan fingerprint density at radius 2 is 1.81 bits per heavy atom. The van der Waals surface area contributed by atoms with E-state index in [1.54, 1.807) is 0 Å². The van der Waals surface area contributed by atoms with Crippen LogP contribution in [-0.4, -0.2) is 32.8 Å². The average Bonchev–Trinajstić information content (AvgIpc) is 2.60. The topological polar surface area (TPSA) is 29.1 Å². The predicted molar refractivity (Wildman–Crippen MR) is 116 cm³/mol. The predicted octanol–water partition coefficient (Wildman–Crippen LogP) is 4.46. The summed E-state index contributed by atoms with van der Waals surface area (Å²) in [5.74, 6) is 2.49. The SMILES string of the molecule is CC(C)CC[C@H](CC[NH2+]Cc1ccc(N(C)C)cc1)[C@@H]1CCOC(C)(C)C1. The second kappa shape index (κ2) is 10.5. The smallest absolute Gasteiger partial charge is 0.101 e. The van der Waals surface area contributed by atoms with Crippen LogP contribution in [0.15, 0.2) is 24.3 Å². The van der Waals surface area contributed by atoms with Crippen LogP contribution in [0, 0.1) is 17.8 Å². The zero-order valence-corrected chi connectivity index (χ0v) is 18.6. The molecule has 1 fully saturated rings. The second-order valence-electron chi connectivity index (χ2n) is 9.72. The number of nitrogens with two attached hydrogens (primary N) is 1. The van der Waals surface area contributed by atoms with Crippen molar-refractivity contribution in [2.24, 2.45) is 17.8 Å². The Hall–Kier alpha value is -1.06. The first-order chi connectivity index (χ1) is 12.8. The first kappa shape index (κ1) is 22.2. The lowest BCUT2D eigenvalue weighted by molar-refractivity contribution is -0.671. The standard InChI is InChI=1S/C24H42N2O/c1-19(2)7-10-21(22-14-16-27-24(3,4)17-22)13-15-25-18-20-8-11-23(12-9-20)26(5)6/h8-9,11-12,19,21-22,25H,7,10,13-18H2,1-6H3/p+1/t21-,22-/m1/s1. The van der Waals surface area contributed by atoms with Crippen molar-refractivity contribution < 1.29 is 10.1 Å². The molecule has 1 heterocycles. The van der Waals surface area contributed by atoms with Crippen molar-refractivity contribution in [1.82, 2.24) is 0 Å². The van der Waals surface area contributed by atoms with E-state index in [0.29, 0.717) is 0 Å². The summed E-state index contributed by atoms with van der Waals surface area (Å²) in [5, 5.41) is 2.50. The summed E-state index contributed by atoms with van der Waals surface area (Å²) in [7, 11) is 4.19. The summed E-state index contributed by atoms with van der Waals surface area (Å²) in [4.78, 5) is 2.15. The molecule has 0 unspecified atom stereocenters. The van der Waals surface area contributed by atoms with Gasteiger partial charge in [0, 0.05) is 32.0 Å². The summed E-state index contributed by atoms with van der Waals surface area (Å²) in [6.45, 7) is 12.5. The number of hydrogen-bond donors (Lipinski definition) is 1. The maximum atomic E-state index is 5.97. The van der Waals surface area contributed by atoms with E-state index in [1.807, 2.05) is 0 Å². The van der Waals surface area contributed by atoms with Crippen LogP contribution in [-0.2, 0) is 11.3 Å². The van der Waals surface area contributed by atoms with E-state index in [1.165, 1.54) is 49.9 Å². The van der Waals surface area contributed by atoms with E-state index >= 15 is 0 Å². The number of ether oxygens (including phenoxy) is 1. The molecule has 0 radical (unpaired) electrons. The van der Waals surface area contributed by atoms with Gasteiger partial charge < -0.3 is 15.0 Å². The molecule has 1 aliphatic rings. The van der Waals surface area contributed by atoms with E-state index < -0.39 is 0 Å². The molecule has 3 heteroatoms. The van der Waals surface area contributed by atoms with Crippen LogP contribution in [0.5, 0.6) is 0 Å². The average molecular weight is 376 g/mol. The van der Waals surface area contributed by atoms with E-state index in [-0.39, 0.29) is 5.60 Å². The molecule has 0 amide bonds. The Labute approximate surface area is 167 Å². The van der Waals surface area contributed by atoms with Crippen molar-refractivity contribution in [3.05, 3.63) is 29.8 Å². The molecule has 2 N–H and O–H groups in total. The minimum absolute atomic E-state index is 0.0664. The van der Waals surface area contributed by atoms with Gasteiger partial charge in [0.25, 0.3) is 0 Å². The van der Waals surface area contributed by atoms with E-state index in [9.17, 15) is 0 Å². The van der Waals surface area contributed by atoms with Crippen LogP contribution in [0.25, 0.3) is 0 Å². The van der Waals surface area contributed by atoms with Crippen molar-refractivity contribution in [1.29, 1.82) is 0 Å². The Bertz CT molecular complexity index is 536. The monoisotopic (exact) mass is 375 g/mol. The molecule has 0 aromatic heterocycles. The minimum atomic E-state index is 0.0664. The first-order valence-corrected chi connectivity index (χ1v) is 11.0. The number of quaternary nitrogens is 1. The molecular weight excluding hydrogens is 332 g/mol. The van der Waals surface area contributed by atoms with Gasteiger partial charge in [0.15, 0.2) is 0 Å². The lowest BCUT2D eigenvalue weighted by Gasteiger charge is -2.39. The zero-order chi connectivity index (χ0) is 19.9. The van der Waals surface area contributed by atoms with Crippen LogP contribution in [0.2, 0.25) is 0 Å². The number of hydrogen-bond acceptors (Lipinski definition) is 2. The molecule has 2 rings (SSSR count). The molecule has 0 spiro atoms. The van der Waals surface area contributed by atoms with Crippen molar-refractivity contribution in [2.75, 3.05) is 32.1 Å². The van der Waals surface area contributed by atoms with Crippen molar-refractivity contribution >= 4 is 5.69 Å². The maximum Gasteiger partial charge on any atom is 0.101 e.